The number of rotatable bonds is 10. The van der Waals surface area contributed by atoms with Crippen LogP contribution in [-0.4, -0.2) is 40.9 Å². The van der Waals surface area contributed by atoms with Gasteiger partial charge in [0.2, 0.25) is 11.6 Å². The monoisotopic (exact) mass is 502 g/mol. The minimum absolute atomic E-state index is 0.0954. The van der Waals surface area contributed by atoms with Gasteiger partial charge in [0.05, 0.1) is 12.7 Å². The number of nitrogens with zero attached hydrogens (tertiary/aromatic N) is 2. The van der Waals surface area contributed by atoms with Gasteiger partial charge >= 0.3 is 5.97 Å². The van der Waals surface area contributed by atoms with Crippen LogP contribution in [0.3, 0.4) is 0 Å². The van der Waals surface area contributed by atoms with Crippen molar-refractivity contribution in [3.63, 3.8) is 0 Å². The van der Waals surface area contributed by atoms with E-state index >= 15 is 0 Å². The van der Waals surface area contributed by atoms with Crippen LogP contribution in [0.1, 0.15) is 46.6 Å². The summed E-state index contributed by atoms with van der Waals surface area (Å²) in [6.45, 7) is 9.81. The smallest absolute Gasteiger partial charge is 0.332 e. The fourth-order valence-corrected chi connectivity index (χ4v) is 4.00. The lowest BCUT2D eigenvalue weighted by Crippen LogP contribution is -2.27. The highest BCUT2D eigenvalue weighted by Crippen LogP contribution is 2.43. The molecule has 0 bridgehead atoms. The second kappa shape index (κ2) is 11.6. The highest BCUT2D eigenvalue weighted by molar-refractivity contribution is 6.03. The maximum absolute atomic E-state index is 11.9. The number of hydrogen-bond donors (Lipinski definition) is 0. The first-order valence-corrected chi connectivity index (χ1v) is 12.6. The van der Waals surface area contributed by atoms with Crippen molar-refractivity contribution in [1.82, 2.24) is 9.97 Å². The average Bonchev–Trinajstić information content (AvgIpc) is 3.27. The third kappa shape index (κ3) is 6.74. The molecular formula is C30H34N2O5. The minimum atomic E-state index is -0.535. The van der Waals surface area contributed by atoms with Crippen molar-refractivity contribution in [3.8, 4) is 28.3 Å². The molecular weight excluding hydrogens is 468 g/mol. The van der Waals surface area contributed by atoms with E-state index in [-0.39, 0.29) is 18.7 Å². The molecule has 4 rings (SSSR count). The molecule has 0 radical (unpaired) electrons. The lowest BCUT2D eigenvalue weighted by Gasteiger charge is -2.19. The molecule has 0 aliphatic heterocycles. The second-order valence-corrected chi connectivity index (χ2v) is 9.94. The lowest BCUT2D eigenvalue weighted by atomic mass is 9.98. The average molecular weight is 503 g/mol. The van der Waals surface area contributed by atoms with Gasteiger partial charge in [0, 0.05) is 17.5 Å². The van der Waals surface area contributed by atoms with Crippen LogP contribution in [0.15, 0.2) is 65.3 Å². The Balaban J connectivity index is 1.58. The molecule has 0 unspecified atom stereocenters. The minimum Gasteiger partial charge on any atom is -0.474 e. The molecule has 0 amide bonds. The van der Waals surface area contributed by atoms with E-state index in [9.17, 15) is 4.79 Å². The number of carbonyl (C=O) groups is 1. The quantitative estimate of drug-likeness (QED) is 0.178. The van der Waals surface area contributed by atoms with Gasteiger partial charge in [-0.05, 0) is 45.2 Å². The third-order valence-corrected chi connectivity index (χ3v) is 5.76. The van der Waals surface area contributed by atoms with Crippen LogP contribution in [0, 0.1) is 0 Å². The number of carbonyl (C=O) groups excluding carboxylic acids is 1. The van der Waals surface area contributed by atoms with E-state index in [1.807, 2.05) is 58.0 Å². The number of benzene rings is 2. The van der Waals surface area contributed by atoms with Crippen LogP contribution in [0.25, 0.3) is 33.6 Å². The molecule has 0 aliphatic rings. The summed E-state index contributed by atoms with van der Waals surface area (Å²) < 4.78 is 23.3. The first kappa shape index (κ1) is 26.4. The van der Waals surface area contributed by atoms with E-state index in [4.69, 9.17) is 18.6 Å². The number of furan rings is 1. The van der Waals surface area contributed by atoms with Gasteiger partial charge in [0.15, 0.2) is 0 Å². The molecule has 2 heterocycles. The van der Waals surface area contributed by atoms with Gasteiger partial charge in [-0.1, -0.05) is 61.5 Å². The molecule has 0 N–H and O–H groups in total. The van der Waals surface area contributed by atoms with Crippen molar-refractivity contribution >= 4 is 17.1 Å². The predicted octanol–water partition coefficient (Wildman–Crippen LogP) is 6.63. The van der Waals surface area contributed by atoms with Crippen LogP contribution >= 0.6 is 0 Å². The zero-order chi connectivity index (χ0) is 26.4. The summed E-state index contributed by atoms with van der Waals surface area (Å²) in [5, 5.41) is 0.729. The molecule has 0 saturated carbocycles. The van der Waals surface area contributed by atoms with Crippen molar-refractivity contribution in [2.45, 2.75) is 59.2 Å². The van der Waals surface area contributed by atoms with E-state index in [1.54, 1.807) is 0 Å². The van der Waals surface area contributed by atoms with Gasteiger partial charge < -0.3 is 18.6 Å². The van der Waals surface area contributed by atoms with E-state index in [0.29, 0.717) is 24.6 Å². The van der Waals surface area contributed by atoms with Gasteiger partial charge in [-0.3, -0.25) is 0 Å². The van der Waals surface area contributed by atoms with Gasteiger partial charge in [-0.25, -0.2) is 14.8 Å². The summed E-state index contributed by atoms with van der Waals surface area (Å²) in [5.41, 5.74) is 4.03. The summed E-state index contributed by atoms with van der Waals surface area (Å²) in [7, 11) is 0. The molecule has 0 fully saturated rings. The van der Waals surface area contributed by atoms with E-state index in [1.165, 1.54) is 11.9 Å². The maximum atomic E-state index is 11.9. The summed E-state index contributed by atoms with van der Waals surface area (Å²) in [4.78, 5) is 20.7. The van der Waals surface area contributed by atoms with E-state index < -0.39 is 5.60 Å². The Morgan fingerprint density at radius 1 is 1.00 bits per heavy atom. The topological polar surface area (TPSA) is 83.7 Å². The second-order valence-electron chi connectivity index (χ2n) is 9.94. The van der Waals surface area contributed by atoms with Gasteiger partial charge in [0.25, 0.3) is 0 Å². The molecule has 1 atom stereocenters. The van der Waals surface area contributed by atoms with Crippen molar-refractivity contribution in [1.29, 1.82) is 0 Å². The Morgan fingerprint density at radius 2 is 1.73 bits per heavy atom. The number of esters is 1. The van der Waals surface area contributed by atoms with Crippen molar-refractivity contribution in [3.05, 3.63) is 66.5 Å². The SMILES string of the molecule is CCc1ccc(-c2c(-c3ccccc3)oc3ncnc(O[C@H](C)CCOCC(=O)OC(C)(C)C)c23)cc1. The summed E-state index contributed by atoms with van der Waals surface area (Å²) in [6, 6.07) is 18.4. The molecule has 7 heteroatoms. The number of aryl methyl sites for hydroxylation is 1. The summed E-state index contributed by atoms with van der Waals surface area (Å²) >= 11 is 0. The van der Waals surface area contributed by atoms with Gasteiger partial charge in [0.1, 0.15) is 29.7 Å². The molecule has 194 valence electrons. The lowest BCUT2D eigenvalue weighted by molar-refractivity contribution is -0.160. The number of hydrogen-bond acceptors (Lipinski definition) is 7. The number of aromatic nitrogens is 2. The zero-order valence-electron chi connectivity index (χ0n) is 22.1. The molecule has 2 aromatic carbocycles. The number of fused-ring (bicyclic) bond motifs is 1. The van der Waals surface area contributed by atoms with Gasteiger partial charge in [-0.15, -0.1) is 0 Å². The molecule has 37 heavy (non-hydrogen) atoms. The summed E-state index contributed by atoms with van der Waals surface area (Å²) in [5.74, 6) is 0.785. The number of ether oxygens (including phenoxy) is 3. The third-order valence-electron chi connectivity index (χ3n) is 5.76. The van der Waals surface area contributed by atoms with Crippen LogP contribution in [0.2, 0.25) is 0 Å². The highest BCUT2D eigenvalue weighted by atomic mass is 16.6. The molecule has 0 spiro atoms. The molecule has 0 aliphatic carbocycles. The first-order chi connectivity index (χ1) is 17.7. The van der Waals surface area contributed by atoms with E-state index in [0.717, 1.165) is 34.3 Å². The normalized spacial score (nSPS) is 12.5. The maximum Gasteiger partial charge on any atom is 0.332 e. The van der Waals surface area contributed by atoms with Crippen LogP contribution in [-0.2, 0) is 20.7 Å². The highest BCUT2D eigenvalue weighted by Gasteiger charge is 2.24. The standard InChI is InChI=1S/C30H34N2O5/c1-6-21-12-14-22(15-13-21)25-26-28(35-20(2)16-17-34-18-24(33)37-30(3,4)5)31-19-32-29(26)36-27(25)23-10-8-7-9-11-23/h7-15,19-20H,6,16-18H2,1-5H3/t20-/m1/s1. The van der Waals surface area contributed by atoms with Crippen molar-refractivity contribution in [2.75, 3.05) is 13.2 Å². The van der Waals surface area contributed by atoms with Crippen LogP contribution in [0.5, 0.6) is 5.88 Å². The van der Waals surface area contributed by atoms with Crippen LogP contribution < -0.4 is 4.74 Å². The Hall–Kier alpha value is -3.71. The molecule has 4 aromatic rings. The zero-order valence-corrected chi connectivity index (χ0v) is 22.1. The Labute approximate surface area is 217 Å². The first-order valence-electron chi connectivity index (χ1n) is 12.6. The fourth-order valence-electron chi connectivity index (χ4n) is 4.00. The van der Waals surface area contributed by atoms with E-state index in [2.05, 4.69) is 41.2 Å². The Kier molecular flexibility index (Phi) is 8.24. The van der Waals surface area contributed by atoms with Crippen LogP contribution in [0.4, 0.5) is 0 Å². The molecule has 7 nitrogen and oxygen atoms in total. The molecule has 2 aromatic heterocycles. The fraction of sp³-hybridized carbons (Fsp3) is 0.367. The molecule has 0 saturated heterocycles. The Morgan fingerprint density at radius 3 is 2.41 bits per heavy atom. The summed E-state index contributed by atoms with van der Waals surface area (Å²) in [6.07, 6.45) is 2.76. The van der Waals surface area contributed by atoms with Crippen molar-refractivity contribution in [2.24, 2.45) is 0 Å². The van der Waals surface area contributed by atoms with Gasteiger partial charge in [-0.2, -0.15) is 0 Å². The largest absolute Gasteiger partial charge is 0.474 e. The van der Waals surface area contributed by atoms with Crippen molar-refractivity contribution < 1.29 is 23.4 Å². The predicted molar refractivity (Wildman–Crippen MR) is 143 cm³/mol. The Bertz CT molecular complexity index is 1320.